The molecular formula is C21H19Cl2NO3. The van der Waals surface area contributed by atoms with Crippen LogP contribution in [-0.2, 0) is 13.1 Å². The van der Waals surface area contributed by atoms with Crippen LogP contribution in [0.1, 0.15) is 27.2 Å². The maximum Gasteiger partial charge on any atom is 0.254 e. The molecule has 0 fully saturated rings. The number of benzene rings is 2. The van der Waals surface area contributed by atoms with Gasteiger partial charge in [-0.25, -0.2) is 0 Å². The Balaban J connectivity index is 1.91. The number of halogens is 2. The van der Waals surface area contributed by atoms with E-state index in [-0.39, 0.29) is 5.91 Å². The molecule has 0 aliphatic rings. The molecule has 1 aromatic heterocycles. The van der Waals surface area contributed by atoms with E-state index in [4.69, 9.17) is 32.4 Å². The smallest absolute Gasteiger partial charge is 0.254 e. The summed E-state index contributed by atoms with van der Waals surface area (Å²) in [6.45, 7) is 2.79. The van der Waals surface area contributed by atoms with Gasteiger partial charge in [0, 0.05) is 12.1 Å². The molecule has 1 heterocycles. The zero-order valence-corrected chi connectivity index (χ0v) is 16.6. The number of hydrogen-bond donors (Lipinski definition) is 0. The zero-order chi connectivity index (χ0) is 19.4. The lowest BCUT2D eigenvalue weighted by Crippen LogP contribution is -2.30. The molecule has 0 saturated heterocycles. The monoisotopic (exact) mass is 403 g/mol. The van der Waals surface area contributed by atoms with Crippen molar-refractivity contribution in [2.75, 3.05) is 7.11 Å². The molecule has 27 heavy (non-hydrogen) atoms. The van der Waals surface area contributed by atoms with Crippen LogP contribution < -0.4 is 4.74 Å². The SMILES string of the molecule is COc1c(Cl)cc(C(=O)N(Cc2ccc(C)cc2)Cc2ccco2)cc1Cl. The van der Waals surface area contributed by atoms with E-state index in [0.29, 0.717) is 40.2 Å². The Hall–Kier alpha value is -2.43. The third kappa shape index (κ3) is 4.65. The highest BCUT2D eigenvalue weighted by Crippen LogP contribution is 2.34. The molecule has 140 valence electrons. The van der Waals surface area contributed by atoms with Crippen LogP contribution in [0, 0.1) is 6.92 Å². The first-order valence-corrected chi connectivity index (χ1v) is 9.13. The van der Waals surface area contributed by atoms with Crippen molar-refractivity contribution in [1.82, 2.24) is 4.90 Å². The lowest BCUT2D eigenvalue weighted by Gasteiger charge is -2.22. The van der Waals surface area contributed by atoms with E-state index in [0.717, 1.165) is 11.1 Å². The number of ether oxygens (including phenoxy) is 1. The van der Waals surface area contributed by atoms with Gasteiger partial charge in [-0.2, -0.15) is 0 Å². The number of furan rings is 1. The highest BCUT2D eigenvalue weighted by molar-refractivity contribution is 6.37. The van der Waals surface area contributed by atoms with Gasteiger partial charge in [0.1, 0.15) is 5.76 Å². The van der Waals surface area contributed by atoms with E-state index in [1.807, 2.05) is 37.3 Å². The van der Waals surface area contributed by atoms with Gasteiger partial charge < -0.3 is 14.1 Å². The second kappa shape index (κ2) is 8.51. The van der Waals surface area contributed by atoms with Crippen LogP contribution in [0.15, 0.2) is 59.2 Å². The molecule has 0 saturated carbocycles. The van der Waals surface area contributed by atoms with E-state index < -0.39 is 0 Å². The predicted octanol–water partition coefficient (Wildman–Crippen LogP) is 5.75. The zero-order valence-electron chi connectivity index (χ0n) is 15.0. The van der Waals surface area contributed by atoms with E-state index >= 15 is 0 Å². The molecule has 2 aromatic carbocycles. The van der Waals surface area contributed by atoms with Gasteiger partial charge in [-0.3, -0.25) is 4.79 Å². The van der Waals surface area contributed by atoms with Gasteiger partial charge in [-0.05, 0) is 36.8 Å². The molecule has 6 heteroatoms. The topological polar surface area (TPSA) is 42.7 Å². The summed E-state index contributed by atoms with van der Waals surface area (Å²) in [7, 11) is 1.48. The van der Waals surface area contributed by atoms with Crippen molar-refractivity contribution in [1.29, 1.82) is 0 Å². The summed E-state index contributed by atoms with van der Waals surface area (Å²) >= 11 is 12.4. The first kappa shape index (κ1) is 19.3. The summed E-state index contributed by atoms with van der Waals surface area (Å²) in [5, 5.41) is 0.586. The lowest BCUT2D eigenvalue weighted by atomic mass is 10.1. The normalized spacial score (nSPS) is 10.7. The van der Waals surface area contributed by atoms with Gasteiger partial charge in [0.2, 0.25) is 0 Å². The molecule has 0 atom stereocenters. The molecule has 3 aromatic rings. The molecule has 0 bridgehead atoms. The molecule has 1 amide bonds. The summed E-state index contributed by atoms with van der Waals surface area (Å²) in [5.74, 6) is 0.852. The van der Waals surface area contributed by atoms with Crippen LogP contribution in [0.25, 0.3) is 0 Å². The number of rotatable bonds is 6. The molecule has 0 N–H and O–H groups in total. The molecule has 3 rings (SSSR count). The minimum absolute atomic E-state index is 0.196. The number of carbonyl (C=O) groups excluding carboxylic acids is 1. The predicted molar refractivity (Wildman–Crippen MR) is 106 cm³/mol. The van der Waals surface area contributed by atoms with Gasteiger partial charge in [0.05, 0.1) is 30.0 Å². The summed E-state index contributed by atoms with van der Waals surface area (Å²) in [4.78, 5) is 14.9. The number of carbonyl (C=O) groups is 1. The Morgan fingerprint density at radius 1 is 1.07 bits per heavy atom. The Bertz CT molecular complexity index is 898. The van der Waals surface area contributed by atoms with Crippen molar-refractivity contribution >= 4 is 29.1 Å². The third-order valence-corrected chi connectivity index (χ3v) is 4.72. The highest BCUT2D eigenvalue weighted by Gasteiger charge is 2.20. The Morgan fingerprint density at radius 3 is 2.30 bits per heavy atom. The standard InChI is InChI=1S/C21H19Cl2NO3/c1-14-5-7-15(8-6-14)12-24(13-17-4-3-9-27-17)21(25)16-10-18(22)20(26-2)19(23)11-16/h3-11H,12-13H2,1-2H3. The van der Waals surface area contributed by atoms with E-state index in [1.54, 1.807) is 29.4 Å². The van der Waals surface area contributed by atoms with Crippen molar-refractivity contribution < 1.29 is 13.9 Å². The fourth-order valence-electron chi connectivity index (χ4n) is 2.76. The Kier molecular flexibility index (Phi) is 6.09. The quantitative estimate of drug-likeness (QED) is 0.526. The van der Waals surface area contributed by atoms with Crippen LogP contribution >= 0.6 is 23.2 Å². The van der Waals surface area contributed by atoms with Gasteiger partial charge in [0.15, 0.2) is 5.75 Å². The minimum Gasteiger partial charge on any atom is -0.494 e. The summed E-state index contributed by atoms with van der Waals surface area (Å²) in [5.41, 5.74) is 2.58. The lowest BCUT2D eigenvalue weighted by molar-refractivity contribution is 0.0717. The van der Waals surface area contributed by atoms with Crippen LogP contribution in [0.5, 0.6) is 5.75 Å². The Labute approximate surface area is 168 Å². The van der Waals surface area contributed by atoms with Crippen molar-refractivity contribution in [2.45, 2.75) is 20.0 Å². The van der Waals surface area contributed by atoms with Gasteiger partial charge in [0.25, 0.3) is 5.91 Å². The average Bonchev–Trinajstić information content (AvgIpc) is 3.15. The van der Waals surface area contributed by atoms with E-state index in [2.05, 4.69) is 0 Å². The number of methoxy groups -OCH3 is 1. The first-order chi connectivity index (χ1) is 13.0. The van der Waals surface area contributed by atoms with Crippen molar-refractivity contribution in [2.24, 2.45) is 0 Å². The summed E-state index contributed by atoms with van der Waals surface area (Å²) < 4.78 is 10.6. The van der Waals surface area contributed by atoms with Crippen LogP contribution in [-0.4, -0.2) is 17.9 Å². The van der Waals surface area contributed by atoms with Gasteiger partial charge >= 0.3 is 0 Å². The van der Waals surface area contributed by atoms with E-state index in [1.165, 1.54) is 7.11 Å². The minimum atomic E-state index is -0.196. The highest BCUT2D eigenvalue weighted by atomic mass is 35.5. The fraction of sp³-hybridized carbons (Fsp3) is 0.190. The van der Waals surface area contributed by atoms with Crippen LogP contribution in [0.4, 0.5) is 0 Å². The number of hydrogen-bond acceptors (Lipinski definition) is 3. The largest absolute Gasteiger partial charge is 0.494 e. The molecule has 0 radical (unpaired) electrons. The summed E-state index contributed by atoms with van der Waals surface area (Å²) in [6.07, 6.45) is 1.59. The second-order valence-electron chi connectivity index (χ2n) is 6.20. The molecule has 0 unspecified atom stereocenters. The van der Waals surface area contributed by atoms with E-state index in [9.17, 15) is 4.79 Å². The number of amides is 1. The third-order valence-electron chi connectivity index (χ3n) is 4.16. The van der Waals surface area contributed by atoms with Crippen LogP contribution in [0.3, 0.4) is 0 Å². The molecule has 0 aliphatic carbocycles. The fourth-order valence-corrected chi connectivity index (χ4v) is 3.41. The van der Waals surface area contributed by atoms with Crippen molar-refractivity contribution in [3.05, 3.63) is 87.3 Å². The van der Waals surface area contributed by atoms with Crippen molar-refractivity contribution in [3.63, 3.8) is 0 Å². The molecule has 0 spiro atoms. The first-order valence-electron chi connectivity index (χ1n) is 8.38. The number of aryl methyl sites for hydroxylation is 1. The van der Waals surface area contributed by atoms with Crippen LogP contribution in [0.2, 0.25) is 10.0 Å². The average molecular weight is 404 g/mol. The maximum absolute atomic E-state index is 13.2. The molecular weight excluding hydrogens is 385 g/mol. The van der Waals surface area contributed by atoms with Gasteiger partial charge in [-0.15, -0.1) is 0 Å². The number of nitrogens with zero attached hydrogens (tertiary/aromatic N) is 1. The molecule has 4 nitrogen and oxygen atoms in total. The Morgan fingerprint density at radius 2 is 1.74 bits per heavy atom. The van der Waals surface area contributed by atoms with Gasteiger partial charge in [-0.1, -0.05) is 53.0 Å². The van der Waals surface area contributed by atoms with Crippen molar-refractivity contribution in [3.8, 4) is 5.75 Å². The second-order valence-corrected chi connectivity index (χ2v) is 7.01. The molecule has 0 aliphatic heterocycles. The summed E-state index contributed by atoms with van der Waals surface area (Å²) in [6, 6.07) is 14.8. The maximum atomic E-state index is 13.2.